The van der Waals surface area contributed by atoms with Gasteiger partial charge in [0.25, 0.3) is 0 Å². The van der Waals surface area contributed by atoms with Crippen LogP contribution >= 0.6 is 11.3 Å². The van der Waals surface area contributed by atoms with Gasteiger partial charge in [-0.2, -0.15) is 4.99 Å². The fraction of sp³-hybridized carbons (Fsp3) is 0.125. The number of guanidine groups is 1. The predicted molar refractivity (Wildman–Crippen MR) is 94.1 cm³/mol. The van der Waals surface area contributed by atoms with Crippen molar-refractivity contribution >= 4 is 38.3 Å². The number of hydrogen-bond donors (Lipinski definition) is 2. The van der Waals surface area contributed by atoms with Crippen molar-refractivity contribution in [3.05, 3.63) is 42.5 Å². The van der Waals surface area contributed by atoms with Gasteiger partial charge in [-0.1, -0.05) is 11.3 Å². The van der Waals surface area contributed by atoms with Gasteiger partial charge in [-0.25, -0.2) is 4.98 Å². The van der Waals surface area contributed by atoms with E-state index in [2.05, 4.69) is 15.3 Å². The summed E-state index contributed by atoms with van der Waals surface area (Å²) in [5.41, 5.74) is 7.63. The molecule has 1 heterocycles. The average Bonchev–Trinajstić information content (AvgIpc) is 2.96. The summed E-state index contributed by atoms with van der Waals surface area (Å²) < 4.78 is 11.3. The van der Waals surface area contributed by atoms with Crippen LogP contribution in [0.3, 0.4) is 0 Å². The number of methoxy groups -OCH3 is 2. The largest absolute Gasteiger partial charge is 0.497 e. The van der Waals surface area contributed by atoms with Gasteiger partial charge in [0.05, 0.1) is 24.4 Å². The van der Waals surface area contributed by atoms with E-state index in [0.717, 1.165) is 27.4 Å². The Balaban J connectivity index is 1.79. The molecule has 2 aromatic carbocycles. The minimum Gasteiger partial charge on any atom is -0.497 e. The molecule has 3 N–H and O–H groups in total. The number of fused-ring (bicyclic) bond motifs is 1. The molecule has 0 amide bonds. The Morgan fingerprint density at radius 1 is 1.09 bits per heavy atom. The number of rotatable bonds is 4. The Morgan fingerprint density at radius 2 is 1.78 bits per heavy atom. The molecular formula is C16H16N4O2S. The molecule has 1 aromatic heterocycles. The highest BCUT2D eigenvalue weighted by molar-refractivity contribution is 7.22. The molecule has 3 aromatic rings. The van der Waals surface area contributed by atoms with Gasteiger partial charge in [0.1, 0.15) is 11.5 Å². The highest BCUT2D eigenvalue weighted by Crippen LogP contribution is 2.30. The van der Waals surface area contributed by atoms with Crippen LogP contribution in [0.2, 0.25) is 0 Å². The minimum atomic E-state index is 0.279. The molecule has 0 atom stereocenters. The summed E-state index contributed by atoms with van der Waals surface area (Å²) in [5, 5.41) is 3.61. The van der Waals surface area contributed by atoms with Crippen LogP contribution in [-0.2, 0) is 0 Å². The van der Waals surface area contributed by atoms with Crippen molar-refractivity contribution < 1.29 is 9.47 Å². The highest BCUT2D eigenvalue weighted by atomic mass is 32.1. The topological polar surface area (TPSA) is 81.8 Å². The summed E-state index contributed by atoms with van der Waals surface area (Å²) in [6.45, 7) is 0. The van der Waals surface area contributed by atoms with Crippen LogP contribution in [-0.4, -0.2) is 25.2 Å². The molecule has 0 radical (unpaired) electrons. The summed E-state index contributed by atoms with van der Waals surface area (Å²) in [7, 11) is 3.26. The maximum absolute atomic E-state index is 5.94. The molecule has 0 unspecified atom stereocenters. The summed E-state index contributed by atoms with van der Waals surface area (Å²) in [6, 6.07) is 13.1. The minimum absolute atomic E-state index is 0.279. The summed E-state index contributed by atoms with van der Waals surface area (Å²) in [6.07, 6.45) is 0. The van der Waals surface area contributed by atoms with Crippen LogP contribution in [0.25, 0.3) is 10.2 Å². The van der Waals surface area contributed by atoms with E-state index < -0.39 is 0 Å². The van der Waals surface area contributed by atoms with Crippen molar-refractivity contribution in [3.63, 3.8) is 0 Å². The number of nitrogens with zero attached hydrogens (tertiary/aromatic N) is 2. The quantitative estimate of drug-likeness (QED) is 0.567. The molecule has 0 saturated heterocycles. The molecule has 0 aliphatic heterocycles. The number of aromatic nitrogens is 1. The van der Waals surface area contributed by atoms with Crippen molar-refractivity contribution in [1.82, 2.24) is 4.98 Å². The van der Waals surface area contributed by atoms with Gasteiger partial charge in [-0.15, -0.1) is 0 Å². The van der Waals surface area contributed by atoms with Crippen molar-refractivity contribution in [2.45, 2.75) is 0 Å². The molecule has 0 spiro atoms. The molecule has 0 aliphatic carbocycles. The molecule has 0 fully saturated rings. The Labute approximate surface area is 137 Å². The lowest BCUT2D eigenvalue weighted by Crippen LogP contribution is -2.21. The van der Waals surface area contributed by atoms with Crippen LogP contribution in [0.15, 0.2) is 47.5 Å². The van der Waals surface area contributed by atoms with E-state index in [1.54, 1.807) is 14.2 Å². The van der Waals surface area contributed by atoms with E-state index in [9.17, 15) is 0 Å². The van der Waals surface area contributed by atoms with Gasteiger partial charge >= 0.3 is 0 Å². The zero-order valence-corrected chi connectivity index (χ0v) is 13.6. The number of aliphatic imine (C=N–C) groups is 1. The maximum atomic E-state index is 5.94. The lowest BCUT2D eigenvalue weighted by molar-refractivity contribution is 0.415. The first-order valence-corrected chi connectivity index (χ1v) is 7.69. The molecule has 7 heteroatoms. The van der Waals surface area contributed by atoms with Gasteiger partial charge in [0.2, 0.25) is 11.1 Å². The second kappa shape index (κ2) is 6.53. The second-order valence-electron chi connectivity index (χ2n) is 4.68. The smallest absolute Gasteiger partial charge is 0.213 e. The number of hydrogen-bond acceptors (Lipinski definition) is 5. The van der Waals surface area contributed by atoms with Crippen LogP contribution in [0, 0.1) is 0 Å². The van der Waals surface area contributed by atoms with Gasteiger partial charge in [-0.3, -0.25) is 0 Å². The third-order valence-corrected chi connectivity index (χ3v) is 4.07. The normalized spacial score (nSPS) is 11.5. The first-order valence-electron chi connectivity index (χ1n) is 6.88. The zero-order valence-electron chi connectivity index (χ0n) is 12.7. The molecule has 118 valence electrons. The van der Waals surface area contributed by atoms with Crippen LogP contribution in [0.1, 0.15) is 0 Å². The first kappa shape index (κ1) is 15.1. The summed E-state index contributed by atoms with van der Waals surface area (Å²) >= 11 is 1.45. The van der Waals surface area contributed by atoms with Crippen LogP contribution < -0.4 is 20.5 Å². The van der Waals surface area contributed by atoms with Gasteiger partial charge in [-0.05, 0) is 42.5 Å². The van der Waals surface area contributed by atoms with Crippen LogP contribution in [0.4, 0.5) is 10.8 Å². The van der Waals surface area contributed by atoms with Crippen molar-refractivity contribution in [2.75, 3.05) is 19.5 Å². The molecule has 0 bridgehead atoms. The lowest BCUT2D eigenvalue weighted by atomic mass is 10.3. The van der Waals surface area contributed by atoms with Gasteiger partial charge in [0, 0.05) is 5.69 Å². The molecule has 23 heavy (non-hydrogen) atoms. The van der Waals surface area contributed by atoms with E-state index in [0.29, 0.717) is 5.13 Å². The number of nitrogens with two attached hydrogens (primary N) is 1. The van der Waals surface area contributed by atoms with Crippen molar-refractivity contribution in [1.29, 1.82) is 0 Å². The third-order valence-electron chi connectivity index (χ3n) is 3.16. The van der Waals surface area contributed by atoms with E-state index in [1.165, 1.54) is 11.3 Å². The third kappa shape index (κ3) is 3.51. The number of thiazole rings is 1. The van der Waals surface area contributed by atoms with Gasteiger partial charge < -0.3 is 20.5 Å². The Hall–Kier alpha value is -2.80. The second-order valence-corrected chi connectivity index (χ2v) is 5.69. The number of ether oxygens (including phenoxy) is 2. The van der Waals surface area contributed by atoms with E-state index >= 15 is 0 Å². The molecule has 3 rings (SSSR count). The zero-order chi connectivity index (χ0) is 16.2. The maximum Gasteiger partial charge on any atom is 0.213 e. The summed E-state index contributed by atoms with van der Waals surface area (Å²) in [4.78, 5) is 8.74. The van der Waals surface area contributed by atoms with E-state index in [1.807, 2.05) is 42.5 Å². The number of benzene rings is 2. The highest BCUT2D eigenvalue weighted by Gasteiger charge is 2.05. The van der Waals surface area contributed by atoms with Crippen LogP contribution in [0.5, 0.6) is 11.5 Å². The Bertz CT molecular complexity index is 843. The fourth-order valence-electron chi connectivity index (χ4n) is 2.02. The van der Waals surface area contributed by atoms with Crippen molar-refractivity contribution in [3.8, 4) is 11.5 Å². The monoisotopic (exact) mass is 328 g/mol. The van der Waals surface area contributed by atoms with E-state index in [4.69, 9.17) is 15.2 Å². The average molecular weight is 328 g/mol. The van der Waals surface area contributed by atoms with Gasteiger partial charge in [0.15, 0.2) is 0 Å². The molecule has 0 aliphatic rings. The number of nitrogens with one attached hydrogen (secondary N) is 1. The van der Waals surface area contributed by atoms with Crippen molar-refractivity contribution in [2.24, 2.45) is 10.7 Å². The standard InChI is InChI=1S/C16H16N4O2S/c1-21-11-5-3-10(4-6-11)18-15(17)20-16-19-13-8-7-12(22-2)9-14(13)23-16/h3-9H,1-2H3,(H3,17,18,19,20). The Kier molecular flexibility index (Phi) is 4.29. The number of anilines is 1. The predicted octanol–water partition coefficient (Wildman–Crippen LogP) is 3.37. The molecule has 0 saturated carbocycles. The molecule has 6 nitrogen and oxygen atoms in total. The lowest BCUT2D eigenvalue weighted by Gasteiger charge is -2.05. The van der Waals surface area contributed by atoms with E-state index in [-0.39, 0.29) is 5.96 Å². The Morgan fingerprint density at radius 3 is 2.48 bits per heavy atom. The first-order chi connectivity index (χ1) is 11.2. The SMILES string of the molecule is COc1ccc(NC(N)=Nc2nc3ccc(OC)cc3s2)cc1. The fourth-order valence-corrected chi connectivity index (χ4v) is 2.90. The summed E-state index contributed by atoms with van der Waals surface area (Å²) in [5.74, 6) is 1.85. The molecular weight excluding hydrogens is 312 g/mol.